The van der Waals surface area contributed by atoms with Gasteiger partial charge in [0.2, 0.25) is 0 Å². The van der Waals surface area contributed by atoms with E-state index < -0.39 is 31.7 Å². The van der Waals surface area contributed by atoms with Crippen LogP contribution in [0.3, 0.4) is 0 Å². The lowest BCUT2D eigenvalue weighted by atomic mass is 10.7. The fourth-order valence-corrected chi connectivity index (χ4v) is 0.0788. The number of aliphatic hydroxyl groups is 4. The largest absolute Gasteiger partial charge is 0.480 e. The molecular weight excluding hydrogens is 254 g/mol. The SMILES string of the molecule is FC1OC1F.OC(O)(F)F.OCC(O)(F)F. The minimum absolute atomic E-state index is 1.51. The summed E-state index contributed by atoms with van der Waals surface area (Å²) in [6.45, 7) is -1.51. The molecule has 0 radical (unpaired) electrons. The van der Waals surface area contributed by atoms with Gasteiger partial charge in [0.15, 0.2) is 0 Å². The molecule has 11 heteroatoms. The molecule has 4 N–H and O–H groups in total. The molecule has 0 amide bonds. The lowest BCUT2D eigenvalue weighted by molar-refractivity contribution is -0.346. The van der Waals surface area contributed by atoms with Gasteiger partial charge in [-0.3, -0.25) is 0 Å². The maximum absolute atomic E-state index is 10.9. The van der Waals surface area contributed by atoms with Crippen molar-refractivity contribution >= 4 is 0 Å². The molecule has 0 aromatic heterocycles. The predicted octanol–water partition coefficient (Wildman–Crippen LogP) is -0.307. The summed E-state index contributed by atoms with van der Waals surface area (Å²) in [5.74, 6) is 0. The van der Waals surface area contributed by atoms with Crippen molar-refractivity contribution in [2.24, 2.45) is 0 Å². The summed E-state index contributed by atoms with van der Waals surface area (Å²) in [7, 11) is 0. The number of aliphatic hydroxyl groups excluding tert-OH is 1. The molecule has 2 unspecified atom stereocenters. The molecule has 0 saturated carbocycles. The van der Waals surface area contributed by atoms with Gasteiger partial charge in [-0.25, -0.2) is 8.78 Å². The number of halogens is 6. The van der Waals surface area contributed by atoms with E-state index in [0.717, 1.165) is 0 Å². The van der Waals surface area contributed by atoms with E-state index in [0.29, 0.717) is 0 Å². The van der Waals surface area contributed by atoms with Gasteiger partial charge in [-0.1, -0.05) is 0 Å². The Labute approximate surface area is 84.5 Å². The topological polar surface area (TPSA) is 93.5 Å². The molecule has 1 saturated heterocycles. The highest BCUT2D eigenvalue weighted by molar-refractivity contribution is 4.59. The van der Waals surface area contributed by atoms with E-state index in [1.165, 1.54) is 0 Å². The Bertz CT molecular complexity index is 167. The molecule has 16 heavy (non-hydrogen) atoms. The number of ether oxygens (including phenoxy) is 1. The molecule has 0 aliphatic carbocycles. The molecule has 1 aliphatic rings. The van der Waals surface area contributed by atoms with Gasteiger partial charge >= 0.3 is 12.4 Å². The second-order valence-electron chi connectivity index (χ2n) is 2.17. The highest BCUT2D eigenvalue weighted by atomic mass is 19.3. The average molecular weight is 262 g/mol. The summed E-state index contributed by atoms with van der Waals surface area (Å²) in [6, 6.07) is 0. The van der Waals surface area contributed by atoms with E-state index >= 15 is 0 Å². The van der Waals surface area contributed by atoms with E-state index in [4.69, 9.17) is 20.4 Å². The third-order valence-electron chi connectivity index (χ3n) is 0.580. The standard InChI is InChI=1S/C2H4F2O2.C2H2F2O.CH2F2O2/c3-2(4,6)1-5;3-1-2(4)5-1;2-1(3,4)5/h5-6H,1H2;1-2H;4-5H. The van der Waals surface area contributed by atoms with Gasteiger partial charge in [0.05, 0.1) is 0 Å². The molecule has 2 atom stereocenters. The third kappa shape index (κ3) is 29.2. The van der Waals surface area contributed by atoms with Crippen LogP contribution in [-0.2, 0) is 4.74 Å². The number of alkyl halides is 6. The van der Waals surface area contributed by atoms with Gasteiger partial charge in [-0.2, -0.15) is 8.78 Å². The zero-order valence-corrected chi connectivity index (χ0v) is 7.33. The summed E-state index contributed by atoms with van der Waals surface area (Å²) in [4.78, 5) is 0. The Hall–Kier alpha value is -0.620. The first kappa shape index (κ1) is 17.8. The molecule has 0 aromatic carbocycles. The summed E-state index contributed by atoms with van der Waals surface area (Å²) in [5, 5.41) is 28.1. The van der Waals surface area contributed by atoms with Crippen molar-refractivity contribution < 1.29 is 51.5 Å². The summed E-state index contributed by atoms with van der Waals surface area (Å²) < 4.78 is 67.2. The van der Waals surface area contributed by atoms with Crippen molar-refractivity contribution in [1.82, 2.24) is 0 Å². The van der Waals surface area contributed by atoms with Crippen LogP contribution >= 0.6 is 0 Å². The van der Waals surface area contributed by atoms with Crippen molar-refractivity contribution in [3.05, 3.63) is 0 Å². The first-order chi connectivity index (χ1) is 6.87. The average Bonchev–Trinajstić information content (AvgIpc) is 2.61. The maximum atomic E-state index is 10.9. The smallest absolute Gasteiger partial charge is 0.387 e. The van der Waals surface area contributed by atoms with Crippen molar-refractivity contribution in [3.63, 3.8) is 0 Å². The van der Waals surface area contributed by atoms with Crippen molar-refractivity contribution in [3.8, 4) is 0 Å². The van der Waals surface area contributed by atoms with Crippen LogP contribution in [0, 0.1) is 0 Å². The van der Waals surface area contributed by atoms with Crippen LogP contribution in [0.4, 0.5) is 26.3 Å². The highest BCUT2D eigenvalue weighted by Crippen LogP contribution is 2.22. The molecule has 5 nitrogen and oxygen atoms in total. The molecule has 0 bridgehead atoms. The lowest BCUT2D eigenvalue weighted by Crippen LogP contribution is -2.19. The van der Waals surface area contributed by atoms with E-state index in [2.05, 4.69) is 4.74 Å². The number of epoxide rings is 1. The van der Waals surface area contributed by atoms with Gasteiger partial charge < -0.3 is 25.2 Å². The lowest BCUT2D eigenvalue weighted by Gasteiger charge is -1.99. The van der Waals surface area contributed by atoms with Crippen LogP contribution in [0.1, 0.15) is 0 Å². The molecule has 100 valence electrons. The van der Waals surface area contributed by atoms with Crippen LogP contribution < -0.4 is 0 Å². The van der Waals surface area contributed by atoms with Gasteiger partial charge in [0.25, 0.3) is 12.7 Å². The van der Waals surface area contributed by atoms with E-state index in [9.17, 15) is 26.3 Å². The Morgan fingerprint density at radius 3 is 1.06 bits per heavy atom. The van der Waals surface area contributed by atoms with Crippen molar-refractivity contribution in [2.75, 3.05) is 6.61 Å². The van der Waals surface area contributed by atoms with Crippen LogP contribution in [0.2, 0.25) is 0 Å². The number of rotatable bonds is 1. The Balaban J connectivity index is 0. The van der Waals surface area contributed by atoms with Crippen LogP contribution in [0.15, 0.2) is 0 Å². The monoisotopic (exact) mass is 262 g/mol. The van der Waals surface area contributed by atoms with Crippen LogP contribution in [-0.4, -0.2) is 52.2 Å². The Morgan fingerprint density at radius 2 is 1.06 bits per heavy atom. The third-order valence-corrected chi connectivity index (χ3v) is 0.580. The molecule has 0 spiro atoms. The number of hydrogen-bond acceptors (Lipinski definition) is 5. The minimum Gasteiger partial charge on any atom is -0.387 e. The highest BCUT2D eigenvalue weighted by Gasteiger charge is 2.39. The van der Waals surface area contributed by atoms with Gasteiger partial charge in [0, 0.05) is 0 Å². The number of hydrogen-bond donors (Lipinski definition) is 4. The molecule has 1 fully saturated rings. The summed E-state index contributed by atoms with van der Waals surface area (Å²) >= 11 is 0. The first-order valence-corrected chi connectivity index (χ1v) is 3.34. The fourth-order valence-electron chi connectivity index (χ4n) is 0.0788. The fraction of sp³-hybridized carbons (Fsp3) is 1.00. The summed E-state index contributed by atoms with van der Waals surface area (Å²) in [6.07, 6.45) is -11.6. The predicted molar refractivity (Wildman–Crippen MR) is 34.5 cm³/mol. The first-order valence-electron chi connectivity index (χ1n) is 3.34. The van der Waals surface area contributed by atoms with Crippen LogP contribution in [0.25, 0.3) is 0 Å². The molecule has 0 aromatic rings. The minimum atomic E-state index is -4.50. The second-order valence-corrected chi connectivity index (χ2v) is 2.17. The van der Waals surface area contributed by atoms with Gasteiger partial charge in [0.1, 0.15) is 6.61 Å². The molecule has 1 rings (SSSR count). The van der Waals surface area contributed by atoms with Crippen LogP contribution in [0.5, 0.6) is 0 Å². The zero-order chi connectivity index (χ0) is 13.6. The zero-order valence-electron chi connectivity index (χ0n) is 7.33. The molecule has 1 aliphatic heterocycles. The molecular formula is C5H8F6O5. The normalized spacial score (nSPS) is 23.6. The Morgan fingerprint density at radius 1 is 0.938 bits per heavy atom. The van der Waals surface area contributed by atoms with Gasteiger partial charge in [-0.15, -0.1) is 8.78 Å². The summed E-state index contributed by atoms with van der Waals surface area (Å²) in [5.41, 5.74) is 0. The Kier molecular flexibility index (Phi) is 7.61. The van der Waals surface area contributed by atoms with E-state index in [1.807, 2.05) is 0 Å². The second kappa shape index (κ2) is 6.85. The van der Waals surface area contributed by atoms with Crippen molar-refractivity contribution in [2.45, 2.75) is 25.1 Å². The van der Waals surface area contributed by atoms with Crippen molar-refractivity contribution in [1.29, 1.82) is 0 Å². The van der Waals surface area contributed by atoms with Gasteiger partial charge in [-0.05, 0) is 0 Å². The molecule has 1 heterocycles. The van der Waals surface area contributed by atoms with E-state index in [1.54, 1.807) is 0 Å². The van der Waals surface area contributed by atoms with E-state index in [-0.39, 0.29) is 0 Å². The quantitative estimate of drug-likeness (QED) is 0.295. The maximum Gasteiger partial charge on any atom is 0.480 e.